The molecule has 0 aliphatic carbocycles. The zero-order valence-corrected chi connectivity index (χ0v) is 17.9. The Kier molecular flexibility index (Phi) is 4.54. The summed E-state index contributed by atoms with van der Waals surface area (Å²) in [5, 5.41) is 4.62. The number of carbonyl (C=O) groups excluding carboxylic acids is 1. The van der Waals surface area contributed by atoms with Gasteiger partial charge in [-0.15, -0.1) is 0 Å². The molecule has 172 valence electrons. The zero-order valence-electron chi connectivity index (χ0n) is 17.9. The fourth-order valence-electron chi connectivity index (χ4n) is 4.28. The molecule has 0 spiro atoms. The average Bonchev–Trinajstić information content (AvgIpc) is 3.62. The Morgan fingerprint density at radius 1 is 1.29 bits per heavy atom. The Labute approximate surface area is 190 Å². The highest BCUT2D eigenvalue weighted by molar-refractivity contribution is 5.93. The van der Waals surface area contributed by atoms with E-state index in [1.165, 1.54) is 11.2 Å². The van der Waals surface area contributed by atoms with Gasteiger partial charge in [0.2, 0.25) is 11.7 Å². The van der Waals surface area contributed by atoms with Crippen LogP contribution in [0.25, 0.3) is 17.1 Å². The summed E-state index contributed by atoms with van der Waals surface area (Å²) in [6, 6.07) is 6.78. The number of rotatable bonds is 4. The molecule has 12 heteroatoms. The molecule has 5 aromatic rings. The molecule has 1 aliphatic rings. The topological polar surface area (TPSA) is 110 Å². The van der Waals surface area contributed by atoms with E-state index in [2.05, 4.69) is 25.0 Å². The number of aromatic amines is 1. The number of nitrogens with one attached hydrogen (secondary N) is 1. The number of imidazole rings is 2. The molecule has 1 atom stereocenters. The van der Waals surface area contributed by atoms with E-state index in [1.54, 1.807) is 34.9 Å². The first-order valence-electron chi connectivity index (χ1n) is 10.5. The van der Waals surface area contributed by atoms with E-state index in [9.17, 15) is 13.6 Å². The van der Waals surface area contributed by atoms with Gasteiger partial charge in [0, 0.05) is 38.1 Å². The van der Waals surface area contributed by atoms with Gasteiger partial charge in [0.25, 0.3) is 12.3 Å². The van der Waals surface area contributed by atoms with Gasteiger partial charge in [-0.25, -0.2) is 28.2 Å². The van der Waals surface area contributed by atoms with Crippen molar-refractivity contribution < 1.29 is 18.0 Å². The summed E-state index contributed by atoms with van der Waals surface area (Å²) in [5.41, 5.74) is 2.42. The maximum Gasteiger partial charge on any atom is 0.292 e. The summed E-state index contributed by atoms with van der Waals surface area (Å²) in [4.78, 5) is 30.6. The first-order chi connectivity index (χ1) is 16.5. The van der Waals surface area contributed by atoms with Gasteiger partial charge in [-0.05, 0) is 18.2 Å². The van der Waals surface area contributed by atoms with Gasteiger partial charge >= 0.3 is 0 Å². The second-order valence-electron chi connectivity index (χ2n) is 8.02. The van der Waals surface area contributed by atoms with E-state index in [4.69, 9.17) is 4.42 Å². The van der Waals surface area contributed by atoms with Crippen LogP contribution in [0.1, 0.15) is 45.8 Å². The summed E-state index contributed by atoms with van der Waals surface area (Å²) in [7, 11) is 1.73. The van der Waals surface area contributed by atoms with Crippen molar-refractivity contribution in [3.05, 3.63) is 77.8 Å². The molecule has 1 aliphatic heterocycles. The molecule has 10 nitrogen and oxygen atoms in total. The number of fused-ring (bicyclic) bond motifs is 2. The second-order valence-corrected chi connectivity index (χ2v) is 8.02. The Balaban J connectivity index is 1.45. The molecule has 0 fully saturated rings. The number of H-pyrrole nitrogens is 1. The third kappa shape index (κ3) is 3.17. The predicted molar refractivity (Wildman–Crippen MR) is 114 cm³/mol. The van der Waals surface area contributed by atoms with Crippen LogP contribution < -0.4 is 0 Å². The van der Waals surface area contributed by atoms with Crippen molar-refractivity contribution in [3.63, 3.8) is 0 Å². The number of alkyl halides is 2. The van der Waals surface area contributed by atoms with Gasteiger partial charge < -0.3 is 18.9 Å². The van der Waals surface area contributed by atoms with E-state index >= 15 is 0 Å². The van der Waals surface area contributed by atoms with Crippen LogP contribution >= 0.6 is 0 Å². The van der Waals surface area contributed by atoms with Crippen molar-refractivity contribution in [2.75, 3.05) is 6.54 Å². The fraction of sp³-hybridized carbons (Fsp3) is 0.227. The number of amides is 1. The normalized spacial score (nSPS) is 15.9. The van der Waals surface area contributed by atoms with Crippen LogP contribution in [0.15, 0.2) is 53.7 Å². The average molecular weight is 464 g/mol. The number of hydrogen-bond acceptors (Lipinski definition) is 6. The number of nitrogens with zero attached hydrogens (tertiary/aromatic N) is 7. The number of halogens is 2. The highest BCUT2D eigenvalue weighted by Gasteiger charge is 2.39. The Morgan fingerprint density at radius 3 is 2.94 bits per heavy atom. The van der Waals surface area contributed by atoms with Crippen LogP contribution in [-0.2, 0) is 13.5 Å². The Hall–Kier alpha value is -4.35. The minimum absolute atomic E-state index is 0.138. The first kappa shape index (κ1) is 20.3. The fourth-order valence-corrected chi connectivity index (χ4v) is 4.28. The number of oxazole rings is 1. The molecule has 1 N–H and O–H groups in total. The second kappa shape index (κ2) is 7.61. The van der Waals surface area contributed by atoms with Crippen molar-refractivity contribution in [1.82, 2.24) is 39.0 Å². The zero-order chi connectivity index (χ0) is 23.4. The van der Waals surface area contributed by atoms with E-state index in [0.717, 1.165) is 11.2 Å². The Morgan fingerprint density at radius 2 is 2.18 bits per heavy atom. The molecule has 5 aromatic heterocycles. The van der Waals surface area contributed by atoms with Gasteiger partial charge in [0.05, 0.1) is 29.6 Å². The summed E-state index contributed by atoms with van der Waals surface area (Å²) in [6.45, 7) is 0.259. The summed E-state index contributed by atoms with van der Waals surface area (Å²) in [6.07, 6.45) is 3.90. The molecule has 6 rings (SSSR count). The van der Waals surface area contributed by atoms with Crippen LogP contribution in [0.3, 0.4) is 0 Å². The SMILES string of the molecule is Cn1cnc(-c2nc(C(F)F)c(C(=O)N3CCc4[nH]cnc4C3c3cc4ccccn4n3)o2)c1. The van der Waals surface area contributed by atoms with Crippen LogP contribution in [0.5, 0.6) is 0 Å². The molecule has 1 unspecified atom stereocenters. The van der Waals surface area contributed by atoms with Gasteiger partial charge in [-0.1, -0.05) is 6.07 Å². The minimum Gasteiger partial charge on any atom is -0.429 e. The Bertz CT molecular complexity index is 1480. The minimum atomic E-state index is -3.00. The monoisotopic (exact) mass is 464 g/mol. The highest BCUT2D eigenvalue weighted by atomic mass is 19.3. The highest BCUT2D eigenvalue weighted by Crippen LogP contribution is 2.36. The van der Waals surface area contributed by atoms with Crippen LogP contribution in [0.2, 0.25) is 0 Å². The predicted octanol–water partition coefficient (Wildman–Crippen LogP) is 3.17. The molecule has 0 aromatic carbocycles. The van der Waals surface area contributed by atoms with Gasteiger partial charge in [0.15, 0.2) is 5.69 Å². The molecule has 34 heavy (non-hydrogen) atoms. The number of aryl methyl sites for hydroxylation is 1. The van der Waals surface area contributed by atoms with E-state index < -0.39 is 29.8 Å². The smallest absolute Gasteiger partial charge is 0.292 e. The van der Waals surface area contributed by atoms with Crippen LogP contribution in [0.4, 0.5) is 8.78 Å². The number of aromatic nitrogens is 7. The van der Waals surface area contributed by atoms with Crippen LogP contribution in [0, 0.1) is 0 Å². The van der Waals surface area contributed by atoms with Crippen molar-refractivity contribution in [1.29, 1.82) is 0 Å². The van der Waals surface area contributed by atoms with E-state index in [-0.39, 0.29) is 18.1 Å². The van der Waals surface area contributed by atoms with Crippen LogP contribution in [-0.4, -0.2) is 51.5 Å². The number of pyridine rings is 1. The van der Waals surface area contributed by atoms with E-state index in [0.29, 0.717) is 17.8 Å². The lowest BCUT2D eigenvalue weighted by molar-refractivity contribution is 0.0640. The lowest BCUT2D eigenvalue weighted by atomic mass is 9.99. The third-order valence-electron chi connectivity index (χ3n) is 5.83. The van der Waals surface area contributed by atoms with Gasteiger partial charge in [-0.2, -0.15) is 5.10 Å². The molecular formula is C22H18F2N8O2. The summed E-state index contributed by atoms with van der Waals surface area (Å²) in [5.74, 6) is -1.36. The van der Waals surface area contributed by atoms with Crippen molar-refractivity contribution in [3.8, 4) is 11.6 Å². The number of carbonyl (C=O) groups is 1. The molecule has 6 heterocycles. The molecule has 0 saturated heterocycles. The van der Waals surface area contributed by atoms with Crippen molar-refractivity contribution in [2.45, 2.75) is 18.9 Å². The summed E-state index contributed by atoms with van der Waals surface area (Å²) < 4.78 is 36.7. The van der Waals surface area contributed by atoms with Crippen molar-refractivity contribution in [2.24, 2.45) is 7.05 Å². The summed E-state index contributed by atoms with van der Waals surface area (Å²) >= 11 is 0. The molecular weight excluding hydrogens is 446 g/mol. The lowest BCUT2D eigenvalue weighted by Crippen LogP contribution is -2.41. The van der Waals surface area contributed by atoms with Crippen molar-refractivity contribution >= 4 is 11.4 Å². The van der Waals surface area contributed by atoms with Gasteiger partial charge in [0.1, 0.15) is 11.7 Å². The lowest BCUT2D eigenvalue weighted by Gasteiger charge is -2.33. The molecule has 0 bridgehead atoms. The maximum absolute atomic E-state index is 13.9. The molecule has 0 radical (unpaired) electrons. The maximum atomic E-state index is 13.9. The van der Waals surface area contributed by atoms with E-state index in [1.807, 2.05) is 24.3 Å². The quantitative estimate of drug-likeness (QED) is 0.438. The number of hydrogen-bond donors (Lipinski definition) is 1. The standard InChI is InChI=1S/C22H18F2N8O2/c1-30-9-15(27-11-30)21-28-17(20(23)24)19(34-21)22(33)31-7-5-13-16(26-10-25-13)18(31)14-8-12-4-2-3-6-32(12)29-14/h2-4,6,8-11,18,20H,5,7H2,1H3,(H,25,26). The van der Waals surface area contributed by atoms with Gasteiger partial charge in [-0.3, -0.25) is 4.79 Å². The third-order valence-corrected chi connectivity index (χ3v) is 5.83. The largest absolute Gasteiger partial charge is 0.429 e. The first-order valence-corrected chi connectivity index (χ1v) is 10.5. The molecule has 0 saturated carbocycles. The molecule has 1 amide bonds.